The Morgan fingerprint density at radius 3 is 1.12 bits per heavy atom. The normalized spacial score (nSPS) is 13.5. The molecular formula is C72H48S2. The monoisotopic (exact) mass is 976 g/mol. The molecule has 1 unspecified atom stereocenters. The zero-order valence-electron chi connectivity index (χ0n) is 40.6. The Kier molecular flexibility index (Phi) is 11.2. The van der Waals surface area contributed by atoms with Crippen molar-refractivity contribution in [2.24, 2.45) is 0 Å². The molecule has 0 bridgehead atoms. The van der Waals surface area contributed by atoms with Crippen LogP contribution in [0.5, 0.6) is 0 Å². The summed E-state index contributed by atoms with van der Waals surface area (Å²) in [5.41, 5.74) is 16.4. The van der Waals surface area contributed by atoms with Crippen LogP contribution < -0.4 is 0 Å². The van der Waals surface area contributed by atoms with Crippen molar-refractivity contribution < 1.29 is 0 Å². The number of allylic oxidation sites excluding steroid dienone is 4. The molecule has 13 aromatic rings. The Labute approximate surface area is 440 Å². The average Bonchev–Trinajstić information content (AvgIpc) is 4.19. The van der Waals surface area contributed by atoms with Crippen molar-refractivity contribution in [1.29, 1.82) is 0 Å². The number of hydrogen-bond donors (Lipinski definition) is 0. The van der Waals surface area contributed by atoms with Crippen LogP contribution in [-0.4, -0.2) is 0 Å². The third-order valence-electron chi connectivity index (χ3n) is 15.1. The van der Waals surface area contributed by atoms with E-state index in [4.69, 9.17) is 0 Å². The van der Waals surface area contributed by atoms with E-state index in [1.807, 2.05) is 22.7 Å². The predicted molar refractivity (Wildman–Crippen MR) is 321 cm³/mol. The summed E-state index contributed by atoms with van der Waals surface area (Å²) in [5.74, 6) is 0.219. The standard InChI is InChI=1S/C72H48S2/c1-4-16-48(17-5-1)65-42-44-67(73-65)50-30-36-54(37-31-50)71-61-26-14-15-27-62(61)72(55-38-32-51(33-39-55)68-45-43-66(74-68)49-18-6-2-7-19-49)64-46-56(40-41-63(64)71)47-28-34-53(35-29-47)70-59-24-12-10-22-57(59)69(52-20-8-3-9-21-52)58-23-11-13-25-60(58)70/h1-36,38-46,54H,37H2. The van der Waals surface area contributed by atoms with E-state index in [-0.39, 0.29) is 5.92 Å². The minimum absolute atomic E-state index is 0.219. The average molecular weight is 977 g/mol. The summed E-state index contributed by atoms with van der Waals surface area (Å²) in [6, 6.07) is 94.2. The molecule has 0 nitrogen and oxygen atoms in total. The highest BCUT2D eigenvalue weighted by Crippen LogP contribution is 2.48. The lowest BCUT2D eigenvalue weighted by Crippen LogP contribution is -2.02. The summed E-state index contributed by atoms with van der Waals surface area (Å²) in [4.78, 5) is 5.17. The van der Waals surface area contributed by atoms with E-state index in [1.54, 1.807) is 0 Å². The van der Waals surface area contributed by atoms with Gasteiger partial charge in [0.25, 0.3) is 0 Å². The lowest BCUT2D eigenvalue weighted by atomic mass is 9.80. The van der Waals surface area contributed by atoms with Gasteiger partial charge < -0.3 is 0 Å². The van der Waals surface area contributed by atoms with Gasteiger partial charge in [-0.15, -0.1) is 22.7 Å². The molecule has 0 N–H and O–H groups in total. The van der Waals surface area contributed by atoms with Crippen molar-refractivity contribution >= 4 is 71.3 Å². The van der Waals surface area contributed by atoms with Gasteiger partial charge in [0.2, 0.25) is 0 Å². The van der Waals surface area contributed by atoms with Gasteiger partial charge in [0.05, 0.1) is 0 Å². The summed E-state index contributed by atoms with van der Waals surface area (Å²) in [6.07, 6.45) is 8.23. The second-order valence-corrected chi connectivity index (χ2v) is 21.5. The number of thiophene rings is 2. The second-order valence-electron chi connectivity index (χ2n) is 19.4. The van der Waals surface area contributed by atoms with Gasteiger partial charge in [0.15, 0.2) is 0 Å². The van der Waals surface area contributed by atoms with Crippen molar-refractivity contribution in [3.63, 3.8) is 0 Å². The summed E-state index contributed by atoms with van der Waals surface area (Å²) in [6.45, 7) is 0. The molecule has 0 amide bonds. The molecule has 0 saturated carbocycles. The number of hydrogen-bond acceptors (Lipinski definition) is 2. The van der Waals surface area contributed by atoms with Crippen molar-refractivity contribution in [3.8, 4) is 75.8 Å². The van der Waals surface area contributed by atoms with E-state index in [0.29, 0.717) is 0 Å². The molecule has 0 saturated heterocycles. The Balaban J connectivity index is 0.888. The van der Waals surface area contributed by atoms with Crippen LogP contribution in [0.3, 0.4) is 0 Å². The lowest BCUT2D eigenvalue weighted by Gasteiger charge is -2.24. The first-order valence-corrected chi connectivity index (χ1v) is 27.2. The highest BCUT2D eigenvalue weighted by Gasteiger charge is 2.23. The Hall–Kier alpha value is -8.66. The Morgan fingerprint density at radius 1 is 0.270 bits per heavy atom. The fourth-order valence-corrected chi connectivity index (χ4v) is 13.7. The van der Waals surface area contributed by atoms with Crippen LogP contribution >= 0.6 is 22.7 Å². The first kappa shape index (κ1) is 44.1. The van der Waals surface area contributed by atoms with Crippen molar-refractivity contribution in [2.45, 2.75) is 12.3 Å². The maximum atomic E-state index is 2.47. The van der Waals surface area contributed by atoms with Crippen LogP contribution in [0.4, 0.5) is 0 Å². The highest BCUT2D eigenvalue weighted by atomic mass is 32.1. The third kappa shape index (κ3) is 7.83. The van der Waals surface area contributed by atoms with Gasteiger partial charge in [-0.25, -0.2) is 0 Å². The molecule has 14 rings (SSSR count). The van der Waals surface area contributed by atoms with Crippen molar-refractivity contribution in [3.05, 3.63) is 283 Å². The van der Waals surface area contributed by atoms with Crippen LogP contribution in [-0.2, 0) is 0 Å². The van der Waals surface area contributed by atoms with Crippen LogP contribution in [0.2, 0.25) is 0 Å². The van der Waals surface area contributed by atoms with Gasteiger partial charge in [-0.1, -0.05) is 243 Å². The summed E-state index contributed by atoms with van der Waals surface area (Å²) < 4.78 is 0. The predicted octanol–water partition coefficient (Wildman–Crippen LogP) is 21.2. The van der Waals surface area contributed by atoms with Gasteiger partial charge in [-0.05, 0) is 152 Å². The summed E-state index contributed by atoms with van der Waals surface area (Å²) >= 11 is 3.73. The molecule has 11 aromatic carbocycles. The summed E-state index contributed by atoms with van der Waals surface area (Å²) in [5, 5.41) is 10.2. The molecule has 2 heteroatoms. The first-order chi connectivity index (χ1) is 36.7. The first-order valence-electron chi connectivity index (χ1n) is 25.6. The lowest BCUT2D eigenvalue weighted by molar-refractivity contribution is 0.873. The van der Waals surface area contributed by atoms with E-state index in [1.165, 1.54) is 135 Å². The van der Waals surface area contributed by atoms with E-state index < -0.39 is 0 Å². The molecule has 1 aliphatic carbocycles. The van der Waals surface area contributed by atoms with Crippen molar-refractivity contribution in [1.82, 2.24) is 0 Å². The minimum Gasteiger partial charge on any atom is -0.135 e. The zero-order chi connectivity index (χ0) is 49.0. The largest absolute Gasteiger partial charge is 0.135 e. The molecule has 74 heavy (non-hydrogen) atoms. The van der Waals surface area contributed by atoms with Gasteiger partial charge in [-0.2, -0.15) is 0 Å². The summed E-state index contributed by atoms with van der Waals surface area (Å²) in [7, 11) is 0. The SMILES string of the molecule is C1=CC(c2c3ccccc3c(-c3ccc(-c4ccc(-c5ccccc5)s4)cc3)c3cc(-c4ccc(-c5c6ccccc6c(-c6ccccc6)c6ccccc56)cc4)ccc23)CC=C1c1ccc(-c2ccccc2)s1. The second kappa shape index (κ2) is 18.7. The minimum atomic E-state index is 0.219. The van der Waals surface area contributed by atoms with E-state index in [0.717, 1.165) is 6.42 Å². The Morgan fingerprint density at radius 2 is 0.622 bits per heavy atom. The number of fused-ring (bicyclic) bond motifs is 4. The molecular weight excluding hydrogens is 929 g/mol. The van der Waals surface area contributed by atoms with Gasteiger partial charge in [0.1, 0.15) is 0 Å². The maximum absolute atomic E-state index is 2.47. The van der Waals surface area contributed by atoms with E-state index >= 15 is 0 Å². The van der Waals surface area contributed by atoms with E-state index in [2.05, 4.69) is 273 Å². The smallest absolute Gasteiger partial charge is 0.0349 e. The van der Waals surface area contributed by atoms with Crippen molar-refractivity contribution in [2.75, 3.05) is 0 Å². The fraction of sp³-hybridized carbons (Fsp3) is 0.0278. The zero-order valence-corrected chi connectivity index (χ0v) is 42.2. The molecule has 0 spiro atoms. The Bertz CT molecular complexity index is 4230. The van der Waals surface area contributed by atoms with Crippen LogP contribution in [0.15, 0.2) is 273 Å². The molecule has 1 atom stereocenters. The quantitative estimate of drug-likeness (QED) is 0.126. The highest BCUT2D eigenvalue weighted by molar-refractivity contribution is 7.18. The fourth-order valence-electron chi connectivity index (χ4n) is 11.6. The molecule has 0 fully saturated rings. The van der Waals surface area contributed by atoms with Gasteiger partial charge in [0, 0.05) is 25.4 Å². The van der Waals surface area contributed by atoms with Gasteiger partial charge in [-0.3, -0.25) is 0 Å². The van der Waals surface area contributed by atoms with E-state index in [9.17, 15) is 0 Å². The molecule has 1 aliphatic rings. The van der Waals surface area contributed by atoms with Crippen LogP contribution in [0.1, 0.15) is 22.8 Å². The molecule has 348 valence electrons. The number of rotatable bonds is 9. The van der Waals surface area contributed by atoms with Gasteiger partial charge >= 0.3 is 0 Å². The molecule has 0 radical (unpaired) electrons. The number of benzene rings is 11. The van der Waals surface area contributed by atoms with Crippen LogP contribution in [0, 0.1) is 0 Å². The molecule has 2 heterocycles. The van der Waals surface area contributed by atoms with Crippen LogP contribution in [0.25, 0.3) is 124 Å². The third-order valence-corrected chi connectivity index (χ3v) is 17.5. The topological polar surface area (TPSA) is 0 Å². The molecule has 0 aliphatic heterocycles. The molecule has 2 aromatic heterocycles. The maximum Gasteiger partial charge on any atom is 0.0349 e.